The highest BCUT2D eigenvalue weighted by atomic mass is 14.6. The molecule has 0 bridgehead atoms. The van der Waals surface area contributed by atoms with Crippen molar-refractivity contribution in [1.82, 2.24) is 0 Å². The molecule has 0 amide bonds. The fourth-order valence-electron chi connectivity index (χ4n) is 1.69. The molecule has 0 aliphatic carbocycles. The summed E-state index contributed by atoms with van der Waals surface area (Å²) in [6.45, 7) is 15.8. The van der Waals surface area contributed by atoms with E-state index in [1.807, 2.05) is 37.3 Å². The SMILES string of the molecule is [C-]#[N+]c1ccc(-c2ccc([N+]#[C-])c(C)c2)cc1. The smallest absolute Gasteiger partial charge is 0.190 e. The van der Waals surface area contributed by atoms with Gasteiger partial charge in [-0.15, -0.1) is 0 Å². The van der Waals surface area contributed by atoms with Gasteiger partial charge in [0.25, 0.3) is 0 Å². The van der Waals surface area contributed by atoms with Crippen molar-refractivity contribution in [2.45, 2.75) is 6.92 Å². The minimum atomic E-state index is 0.642. The summed E-state index contributed by atoms with van der Waals surface area (Å²) in [7, 11) is 0. The Bertz CT molecular complexity index is 625. The van der Waals surface area contributed by atoms with Gasteiger partial charge in [0.05, 0.1) is 13.1 Å². The maximum Gasteiger partial charge on any atom is 0.190 e. The van der Waals surface area contributed by atoms with Gasteiger partial charge in [-0.05, 0) is 23.6 Å². The van der Waals surface area contributed by atoms with Crippen LogP contribution in [0.5, 0.6) is 0 Å². The highest BCUT2D eigenvalue weighted by Crippen LogP contribution is 2.27. The fourth-order valence-corrected chi connectivity index (χ4v) is 1.69. The van der Waals surface area contributed by atoms with E-state index in [9.17, 15) is 0 Å². The minimum absolute atomic E-state index is 0.642. The lowest BCUT2D eigenvalue weighted by molar-refractivity contribution is 1.48. The Hall–Kier alpha value is -2.58. The van der Waals surface area contributed by atoms with E-state index in [1.165, 1.54) is 0 Å². The van der Waals surface area contributed by atoms with Crippen LogP contribution in [0.25, 0.3) is 20.8 Å². The lowest BCUT2D eigenvalue weighted by Crippen LogP contribution is -1.79. The summed E-state index contributed by atoms with van der Waals surface area (Å²) in [6, 6.07) is 13.2. The molecule has 17 heavy (non-hydrogen) atoms. The molecule has 0 saturated carbocycles. The van der Waals surface area contributed by atoms with Crippen LogP contribution in [0.15, 0.2) is 42.5 Å². The van der Waals surface area contributed by atoms with Gasteiger partial charge < -0.3 is 0 Å². The van der Waals surface area contributed by atoms with Gasteiger partial charge in [-0.25, -0.2) is 9.69 Å². The van der Waals surface area contributed by atoms with E-state index in [1.54, 1.807) is 12.1 Å². The molecule has 2 heteroatoms. The van der Waals surface area contributed by atoms with Crippen LogP contribution in [0.3, 0.4) is 0 Å². The van der Waals surface area contributed by atoms with Crippen LogP contribution in [-0.4, -0.2) is 0 Å². The molecule has 2 aromatic rings. The van der Waals surface area contributed by atoms with Crippen molar-refractivity contribution < 1.29 is 0 Å². The van der Waals surface area contributed by atoms with Gasteiger partial charge in [-0.2, -0.15) is 0 Å². The quantitative estimate of drug-likeness (QED) is 0.610. The van der Waals surface area contributed by atoms with Crippen LogP contribution in [0.2, 0.25) is 0 Å². The van der Waals surface area contributed by atoms with E-state index >= 15 is 0 Å². The highest BCUT2D eigenvalue weighted by molar-refractivity contribution is 5.70. The molecule has 2 aromatic carbocycles. The van der Waals surface area contributed by atoms with Gasteiger partial charge in [-0.1, -0.05) is 42.5 Å². The number of aryl methyl sites for hydroxylation is 1. The second-order valence-corrected chi connectivity index (χ2v) is 3.77. The van der Waals surface area contributed by atoms with E-state index < -0.39 is 0 Å². The summed E-state index contributed by atoms with van der Waals surface area (Å²) < 4.78 is 0. The second-order valence-electron chi connectivity index (χ2n) is 3.77. The maximum absolute atomic E-state index is 7.00. The largest absolute Gasteiger partial charge is 0.238 e. The average molecular weight is 218 g/mol. The second kappa shape index (κ2) is 4.51. The minimum Gasteiger partial charge on any atom is -0.238 e. The van der Waals surface area contributed by atoms with Crippen LogP contribution in [-0.2, 0) is 0 Å². The molecule has 0 fully saturated rings. The zero-order chi connectivity index (χ0) is 12.3. The Morgan fingerprint density at radius 2 is 1.47 bits per heavy atom. The molecule has 0 heterocycles. The van der Waals surface area contributed by atoms with E-state index in [2.05, 4.69) is 9.69 Å². The summed E-state index contributed by atoms with van der Waals surface area (Å²) in [5.74, 6) is 0. The monoisotopic (exact) mass is 218 g/mol. The van der Waals surface area contributed by atoms with E-state index in [4.69, 9.17) is 13.1 Å². The number of rotatable bonds is 1. The normalized spacial score (nSPS) is 9.35. The lowest BCUT2D eigenvalue weighted by Gasteiger charge is -2.04. The van der Waals surface area contributed by atoms with Gasteiger partial charge >= 0.3 is 0 Å². The van der Waals surface area contributed by atoms with Crippen LogP contribution in [0.1, 0.15) is 5.56 Å². The van der Waals surface area contributed by atoms with Crippen LogP contribution in [0, 0.1) is 20.1 Å². The molecule has 0 aliphatic heterocycles. The van der Waals surface area contributed by atoms with E-state index in [-0.39, 0.29) is 0 Å². The van der Waals surface area contributed by atoms with Gasteiger partial charge in [0.15, 0.2) is 11.4 Å². The zero-order valence-electron chi connectivity index (χ0n) is 9.44. The first-order valence-electron chi connectivity index (χ1n) is 5.20. The summed E-state index contributed by atoms with van der Waals surface area (Å²) in [6.07, 6.45) is 0. The van der Waals surface area contributed by atoms with Crippen molar-refractivity contribution in [3.63, 3.8) is 0 Å². The predicted octanol–water partition coefficient (Wildman–Crippen LogP) is 4.76. The topological polar surface area (TPSA) is 8.72 Å². The van der Waals surface area contributed by atoms with Gasteiger partial charge in [0, 0.05) is 0 Å². The third-order valence-corrected chi connectivity index (χ3v) is 2.65. The van der Waals surface area contributed by atoms with E-state index in [0.717, 1.165) is 16.7 Å². The molecular weight excluding hydrogens is 208 g/mol. The van der Waals surface area contributed by atoms with Crippen molar-refractivity contribution in [1.29, 1.82) is 0 Å². The highest BCUT2D eigenvalue weighted by Gasteiger charge is 2.01. The molecule has 0 N–H and O–H groups in total. The van der Waals surface area contributed by atoms with Crippen molar-refractivity contribution >= 4 is 11.4 Å². The molecular formula is C15H10N2. The number of benzene rings is 2. The molecule has 0 unspecified atom stereocenters. The summed E-state index contributed by atoms with van der Waals surface area (Å²) in [5.41, 5.74) is 4.45. The Balaban J connectivity index is 2.44. The summed E-state index contributed by atoms with van der Waals surface area (Å²) >= 11 is 0. The third kappa shape index (κ3) is 2.17. The Morgan fingerprint density at radius 1 is 0.824 bits per heavy atom. The van der Waals surface area contributed by atoms with Gasteiger partial charge in [-0.3, -0.25) is 0 Å². The molecule has 0 aromatic heterocycles. The molecule has 0 spiro atoms. The van der Waals surface area contributed by atoms with Crippen molar-refractivity contribution in [2.24, 2.45) is 0 Å². The average Bonchev–Trinajstić information content (AvgIpc) is 2.39. The summed E-state index contributed by atoms with van der Waals surface area (Å²) in [4.78, 5) is 6.80. The van der Waals surface area contributed by atoms with Gasteiger partial charge in [0.1, 0.15) is 0 Å². The molecule has 2 rings (SSSR count). The van der Waals surface area contributed by atoms with Crippen LogP contribution < -0.4 is 0 Å². The first kappa shape index (κ1) is 10.9. The third-order valence-electron chi connectivity index (χ3n) is 2.65. The molecule has 0 atom stereocenters. The maximum atomic E-state index is 7.00. The summed E-state index contributed by atoms with van der Waals surface area (Å²) in [5, 5.41) is 0. The van der Waals surface area contributed by atoms with Gasteiger partial charge in [0.2, 0.25) is 0 Å². The first-order valence-corrected chi connectivity index (χ1v) is 5.20. The molecule has 80 valence electrons. The Kier molecular flexibility index (Phi) is 2.90. The Labute approximate surface area is 101 Å². The standard InChI is InChI=1S/C15H10N2/c1-11-10-13(6-9-15(11)17-3)12-4-7-14(16-2)8-5-12/h4-10H,1H3. The molecule has 2 nitrogen and oxygen atoms in total. The Morgan fingerprint density at radius 3 is 2.00 bits per heavy atom. The van der Waals surface area contributed by atoms with Crippen molar-refractivity contribution in [3.8, 4) is 11.1 Å². The molecule has 0 radical (unpaired) electrons. The fraction of sp³-hybridized carbons (Fsp3) is 0.0667. The molecule has 0 aliphatic rings. The van der Waals surface area contributed by atoms with E-state index in [0.29, 0.717) is 11.4 Å². The zero-order valence-corrected chi connectivity index (χ0v) is 9.44. The lowest BCUT2D eigenvalue weighted by atomic mass is 10.0. The van der Waals surface area contributed by atoms with Crippen LogP contribution in [0.4, 0.5) is 11.4 Å². The predicted molar refractivity (Wildman–Crippen MR) is 69.1 cm³/mol. The molecule has 0 saturated heterocycles. The van der Waals surface area contributed by atoms with Crippen molar-refractivity contribution in [2.75, 3.05) is 0 Å². The van der Waals surface area contributed by atoms with Crippen molar-refractivity contribution in [3.05, 3.63) is 70.9 Å². The van der Waals surface area contributed by atoms with Crippen LogP contribution >= 0.6 is 0 Å². The number of nitrogens with zero attached hydrogens (tertiary/aromatic N) is 2. The number of hydrogen-bond donors (Lipinski definition) is 0. The first-order chi connectivity index (χ1) is 8.24. The number of hydrogen-bond acceptors (Lipinski definition) is 0.